The molecule has 0 atom stereocenters. The summed E-state index contributed by atoms with van der Waals surface area (Å²) in [6, 6.07) is 13.5. The number of fused-ring (bicyclic) bond motifs is 1. The molecule has 136 valence electrons. The zero-order chi connectivity index (χ0) is 19.1. The number of esters is 1. The van der Waals surface area contributed by atoms with Gasteiger partial charge in [0.1, 0.15) is 5.76 Å². The predicted molar refractivity (Wildman–Crippen MR) is 107 cm³/mol. The minimum atomic E-state index is -0.368. The van der Waals surface area contributed by atoms with Crippen LogP contribution in [0, 0.1) is 6.92 Å². The molecule has 2 aromatic rings. The van der Waals surface area contributed by atoms with Gasteiger partial charge in [-0.1, -0.05) is 58.5 Å². The maximum absolute atomic E-state index is 12.4. The number of benzene rings is 2. The lowest BCUT2D eigenvalue weighted by atomic mass is 9.62. The number of hydrogen-bond donors (Lipinski definition) is 0. The topological polar surface area (TPSA) is 26.3 Å². The predicted octanol–water partition coefficient (Wildman–Crippen LogP) is 6.17. The first-order chi connectivity index (χ1) is 12.1. The van der Waals surface area contributed by atoms with E-state index in [-0.39, 0.29) is 16.8 Å². The van der Waals surface area contributed by atoms with Crippen LogP contribution in [0.25, 0.3) is 5.76 Å². The van der Waals surface area contributed by atoms with E-state index in [4.69, 9.17) is 4.74 Å². The summed E-state index contributed by atoms with van der Waals surface area (Å²) < 4.78 is 5.58. The van der Waals surface area contributed by atoms with Crippen LogP contribution in [0.15, 0.2) is 49.0 Å². The Kier molecular flexibility index (Phi) is 4.56. The monoisotopic (exact) mass is 348 g/mol. The lowest BCUT2D eigenvalue weighted by molar-refractivity contribution is 0.0692. The van der Waals surface area contributed by atoms with Crippen LogP contribution >= 0.6 is 0 Å². The van der Waals surface area contributed by atoms with Crippen LogP contribution in [0.2, 0.25) is 0 Å². The largest absolute Gasteiger partial charge is 0.423 e. The van der Waals surface area contributed by atoms with Gasteiger partial charge in [-0.05, 0) is 65.5 Å². The molecule has 0 unspecified atom stereocenters. The molecule has 0 spiro atoms. The van der Waals surface area contributed by atoms with E-state index < -0.39 is 0 Å². The summed E-state index contributed by atoms with van der Waals surface area (Å²) in [6.45, 7) is 15.3. The van der Waals surface area contributed by atoms with Crippen LogP contribution in [-0.4, -0.2) is 5.97 Å². The highest BCUT2D eigenvalue weighted by Gasteiger charge is 2.37. The fourth-order valence-electron chi connectivity index (χ4n) is 3.82. The minimum absolute atomic E-state index is 0.108. The second-order valence-electron chi connectivity index (χ2n) is 8.66. The molecule has 26 heavy (non-hydrogen) atoms. The molecule has 0 aliphatic heterocycles. The Morgan fingerprint density at radius 3 is 2.08 bits per heavy atom. The summed E-state index contributed by atoms with van der Waals surface area (Å²) in [7, 11) is 0. The van der Waals surface area contributed by atoms with Crippen LogP contribution in [0.3, 0.4) is 0 Å². The normalized spacial score (nSPS) is 17.3. The molecule has 0 fully saturated rings. The molecule has 1 aliphatic rings. The summed E-state index contributed by atoms with van der Waals surface area (Å²) in [5, 5.41) is 0. The Balaban J connectivity index is 1.96. The molecule has 0 saturated heterocycles. The smallest absolute Gasteiger partial charge is 0.343 e. The van der Waals surface area contributed by atoms with E-state index in [9.17, 15) is 4.79 Å². The zero-order valence-electron chi connectivity index (χ0n) is 16.5. The Labute approximate surface area is 156 Å². The molecule has 0 aromatic heterocycles. The van der Waals surface area contributed by atoms with E-state index in [0.717, 1.165) is 17.5 Å². The molecule has 2 nitrogen and oxygen atoms in total. The van der Waals surface area contributed by atoms with Crippen molar-refractivity contribution < 1.29 is 9.53 Å². The van der Waals surface area contributed by atoms with Crippen molar-refractivity contribution in [3.05, 3.63) is 76.9 Å². The van der Waals surface area contributed by atoms with Gasteiger partial charge in [-0.3, -0.25) is 0 Å². The minimum Gasteiger partial charge on any atom is -0.423 e. The molecular formula is C24H28O2. The van der Waals surface area contributed by atoms with Gasteiger partial charge in [0.05, 0.1) is 5.56 Å². The molecule has 1 aliphatic carbocycles. The van der Waals surface area contributed by atoms with Crippen LogP contribution in [0.1, 0.15) is 73.1 Å². The van der Waals surface area contributed by atoms with Gasteiger partial charge >= 0.3 is 5.97 Å². The maximum Gasteiger partial charge on any atom is 0.343 e. The second kappa shape index (κ2) is 6.42. The van der Waals surface area contributed by atoms with Gasteiger partial charge in [0, 0.05) is 5.56 Å². The van der Waals surface area contributed by atoms with E-state index in [1.54, 1.807) is 12.1 Å². The standard InChI is InChI=1S/C24H28O2/c1-16-14-20-21(24(5,6)13-12-23(20,3)4)15-19(16)17(2)26-22(25)18-10-8-7-9-11-18/h7-11,14-15H,2,12-13H2,1,3-6H3. The van der Waals surface area contributed by atoms with Crippen molar-refractivity contribution in [2.24, 2.45) is 0 Å². The quantitative estimate of drug-likeness (QED) is 0.489. The number of rotatable bonds is 3. The zero-order valence-corrected chi connectivity index (χ0v) is 16.5. The van der Waals surface area contributed by atoms with E-state index in [0.29, 0.717) is 11.3 Å². The highest BCUT2D eigenvalue weighted by atomic mass is 16.5. The van der Waals surface area contributed by atoms with Gasteiger partial charge in [0.15, 0.2) is 0 Å². The van der Waals surface area contributed by atoms with Gasteiger partial charge in [-0.25, -0.2) is 4.79 Å². The average Bonchev–Trinajstić information content (AvgIpc) is 2.59. The van der Waals surface area contributed by atoms with E-state index >= 15 is 0 Å². The van der Waals surface area contributed by atoms with Crippen molar-refractivity contribution in [3.8, 4) is 0 Å². The Morgan fingerprint density at radius 2 is 1.50 bits per heavy atom. The van der Waals surface area contributed by atoms with E-state index in [2.05, 4.69) is 53.3 Å². The Bertz CT molecular complexity index is 857. The fourth-order valence-corrected chi connectivity index (χ4v) is 3.82. The highest BCUT2D eigenvalue weighted by molar-refractivity contribution is 5.93. The number of carbonyl (C=O) groups excluding carboxylic acids is 1. The number of ether oxygens (including phenoxy) is 1. The van der Waals surface area contributed by atoms with Gasteiger partial charge in [0.2, 0.25) is 0 Å². The number of hydrogen-bond acceptors (Lipinski definition) is 2. The van der Waals surface area contributed by atoms with Crippen LogP contribution in [0.4, 0.5) is 0 Å². The molecular weight excluding hydrogens is 320 g/mol. The molecule has 0 amide bonds. The molecule has 0 heterocycles. The fraction of sp³-hybridized carbons (Fsp3) is 0.375. The van der Waals surface area contributed by atoms with Crippen molar-refractivity contribution in [3.63, 3.8) is 0 Å². The third-order valence-electron chi connectivity index (χ3n) is 5.72. The molecule has 2 heteroatoms. The number of carbonyl (C=O) groups is 1. The first-order valence-electron chi connectivity index (χ1n) is 9.24. The molecule has 0 radical (unpaired) electrons. The molecule has 0 saturated carbocycles. The van der Waals surface area contributed by atoms with E-state index in [1.807, 2.05) is 18.2 Å². The second-order valence-corrected chi connectivity index (χ2v) is 8.66. The van der Waals surface area contributed by atoms with E-state index in [1.165, 1.54) is 17.5 Å². The van der Waals surface area contributed by atoms with Crippen molar-refractivity contribution in [1.82, 2.24) is 0 Å². The van der Waals surface area contributed by atoms with Crippen molar-refractivity contribution in [2.75, 3.05) is 0 Å². The van der Waals surface area contributed by atoms with Crippen molar-refractivity contribution in [2.45, 2.75) is 58.3 Å². The Morgan fingerprint density at radius 1 is 0.962 bits per heavy atom. The van der Waals surface area contributed by atoms with Crippen molar-refractivity contribution >= 4 is 11.7 Å². The van der Waals surface area contributed by atoms with Gasteiger partial charge in [-0.2, -0.15) is 0 Å². The molecule has 0 bridgehead atoms. The summed E-state index contributed by atoms with van der Waals surface area (Å²) in [5.41, 5.74) is 5.56. The SMILES string of the molecule is C=C(OC(=O)c1ccccc1)c1cc2c(cc1C)C(C)(C)CCC2(C)C. The lowest BCUT2D eigenvalue weighted by Crippen LogP contribution is -2.34. The van der Waals surface area contributed by atoms with Crippen LogP contribution in [0.5, 0.6) is 0 Å². The Hall–Kier alpha value is -2.35. The van der Waals surface area contributed by atoms with Crippen LogP contribution in [-0.2, 0) is 15.6 Å². The summed E-state index contributed by atoms with van der Waals surface area (Å²) in [6.07, 6.45) is 2.32. The summed E-state index contributed by atoms with van der Waals surface area (Å²) in [4.78, 5) is 12.4. The number of aryl methyl sites for hydroxylation is 1. The maximum atomic E-state index is 12.4. The van der Waals surface area contributed by atoms with Gasteiger partial charge < -0.3 is 4.74 Å². The van der Waals surface area contributed by atoms with Crippen molar-refractivity contribution in [1.29, 1.82) is 0 Å². The first kappa shape index (κ1) is 18.4. The third kappa shape index (κ3) is 3.33. The summed E-state index contributed by atoms with van der Waals surface area (Å²) in [5.74, 6) is 0.0469. The highest BCUT2D eigenvalue weighted by Crippen LogP contribution is 2.47. The van der Waals surface area contributed by atoms with Gasteiger partial charge in [-0.15, -0.1) is 0 Å². The average molecular weight is 348 g/mol. The third-order valence-corrected chi connectivity index (χ3v) is 5.72. The molecule has 0 N–H and O–H groups in total. The lowest BCUT2D eigenvalue weighted by Gasteiger charge is -2.42. The first-order valence-corrected chi connectivity index (χ1v) is 9.24. The van der Waals surface area contributed by atoms with Gasteiger partial charge in [0.25, 0.3) is 0 Å². The van der Waals surface area contributed by atoms with Crippen LogP contribution < -0.4 is 0 Å². The summed E-state index contributed by atoms with van der Waals surface area (Å²) >= 11 is 0. The molecule has 2 aromatic carbocycles. The molecule has 3 rings (SSSR count).